The van der Waals surface area contributed by atoms with Crippen LogP contribution in [-0.4, -0.2) is 6.10 Å². The third kappa shape index (κ3) is 6.93. The highest BCUT2D eigenvalue weighted by molar-refractivity contribution is 8.05. The minimum absolute atomic E-state index is 0.291. The van der Waals surface area contributed by atoms with E-state index in [0.29, 0.717) is 12.8 Å². The van der Waals surface area contributed by atoms with E-state index in [1.807, 2.05) is 0 Å². The minimum Gasteiger partial charge on any atom is -0.302 e. The Bertz CT molecular complexity index is 190. The summed E-state index contributed by atoms with van der Waals surface area (Å²) in [5.74, 6) is 0. The first kappa shape index (κ1) is 12.2. The van der Waals surface area contributed by atoms with Crippen molar-refractivity contribution in [2.75, 3.05) is 0 Å². The Labute approximate surface area is 82.2 Å². The molecule has 2 nitrogen and oxygen atoms in total. The molecule has 0 unspecified atom stereocenters. The standard InChI is InChI=1S/C7H11Cl2O2P/c1-3-5-7(6-4-2)11-12(8,9)10/h3-4,7H,1-2,5-6H2. The van der Waals surface area contributed by atoms with Crippen LogP contribution in [0.5, 0.6) is 0 Å². The maximum absolute atomic E-state index is 10.8. The van der Waals surface area contributed by atoms with Gasteiger partial charge in [0.25, 0.3) is 0 Å². The first-order valence-corrected chi connectivity index (χ1v) is 6.82. The Kier molecular flexibility index (Phi) is 5.94. The fourth-order valence-electron chi connectivity index (χ4n) is 0.728. The summed E-state index contributed by atoms with van der Waals surface area (Å²) < 4.78 is 15.7. The number of hydrogen-bond acceptors (Lipinski definition) is 2. The van der Waals surface area contributed by atoms with Crippen molar-refractivity contribution in [1.82, 2.24) is 0 Å². The lowest BCUT2D eigenvalue weighted by Gasteiger charge is -2.13. The average Bonchev–Trinajstić information content (AvgIpc) is 1.84. The van der Waals surface area contributed by atoms with Gasteiger partial charge in [0.15, 0.2) is 0 Å². The fraction of sp³-hybridized carbons (Fsp3) is 0.429. The van der Waals surface area contributed by atoms with Gasteiger partial charge in [-0.3, -0.25) is 4.57 Å². The molecular weight excluding hydrogens is 218 g/mol. The Morgan fingerprint density at radius 3 is 2.00 bits per heavy atom. The molecule has 5 heteroatoms. The summed E-state index contributed by atoms with van der Waals surface area (Å²) in [7, 11) is 0. The van der Waals surface area contributed by atoms with Crippen LogP contribution >= 0.6 is 28.6 Å². The minimum atomic E-state index is -3.43. The lowest BCUT2D eigenvalue weighted by Crippen LogP contribution is -2.06. The number of halogens is 2. The highest BCUT2D eigenvalue weighted by Crippen LogP contribution is 2.59. The van der Waals surface area contributed by atoms with Crippen molar-refractivity contribution in [2.45, 2.75) is 18.9 Å². The highest BCUT2D eigenvalue weighted by Gasteiger charge is 2.20. The van der Waals surface area contributed by atoms with Gasteiger partial charge in [-0.25, -0.2) is 0 Å². The average molecular weight is 229 g/mol. The maximum Gasteiger partial charge on any atom is 0.380 e. The Morgan fingerprint density at radius 2 is 1.75 bits per heavy atom. The van der Waals surface area contributed by atoms with Crippen LogP contribution in [0.2, 0.25) is 0 Å². The van der Waals surface area contributed by atoms with Gasteiger partial charge in [-0.05, 0) is 35.3 Å². The van der Waals surface area contributed by atoms with Crippen LogP contribution in [-0.2, 0) is 9.09 Å². The van der Waals surface area contributed by atoms with Crippen molar-refractivity contribution in [2.24, 2.45) is 0 Å². The van der Waals surface area contributed by atoms with Gasteiger partial charge in [-0.2, -0.15) is 0 Å². The lowest BCUT2D eigenvalue weighted by molar-refractivity contribution is 0.224. The summed E-state index contributed by atoms with van der Waals surface area (Å²) in [6.45, 7) is 7.05. The number of hydrogen-bond donors (Lipinski definition) is 0. The zero-order valence-corrected chi connectivity index (χ0v) is 8.99. The van der Waals surface area contributed by atoms with Crippen LogP contribution in [0.1, 0.15) is 12.8 Å². The normalized spacial score (nSPS) is 11.6. The molecule has 0 aliphatic heterocycles. The topological polar surface area (TPSA) is 26.3 Å². The van der Waals surface area contributed by atoms with Crippen LogP contribution in [0.4, 0.5) is 0 Å². The Morgan fingerprint density at radius 1 is 1.33 bits per heavy atom. The molecule has 0 radical (unpaired) electrons. The number of rotatable bonds is 6. The molecule has 0 N–H and O–H groups in total. The zero-order chi connectivity index (χ0) is 9.61. The predicted octanol–water partition coefficient (Wildman–Crippen LogP) is 4.11. The molecule has 0 aliphatic carbocycles. The van der Waals surface area contributed by atoms with Gasteiger partial charge < -0.3 is 4.52 Å². The molecule has 0 heterocycles. The molecule has 0 atom stereocenters. The van der Waals surface area contributed by atoms with Crippen LogP contribution in [0.15, 0.2) is 25.3 Å². The first-order chi connectivity index (χ1) is 5.49. The van der Waals surface area contributed by atoms with E-state index in [1.165, 1.54) is 0 Å². The van der Waals surface area contributed by atoms with Crippen LogP contribution in [0.3, 0.4) is 0 Å². The summed E-state index contributed by atoms with van der Waals surface area (Å²) in [6.07, 6.45) is 0.680. The van der Waals surface area contributed by atoms with Crippen molar-refractivity contribution < 1.29 is 9.09 Å². The van der Waals surface area contributed by atoms with Gasteiger partial charge in [0, 0.05) is 0 Å². The maximum atomic E-state index is 10.8. The zero-order valence-electron chi connectivity index (χ0n) is 6.58. The van der Waals surface area contributed by atoms with Crippen LogP contribution in [0.25, 0.3) is 0 Å². The molecule has 0 spiro atoms. The second-order valence-corrected chi connectivity index (χ2v) is 6.42. The van der Waals surface area contributed by atoms with Crippen LogP contribution < -0.4 is 0 Å². The summed E-state index contributed by atoms with van der Waals surface area (Å²) in [5, 5.41) is 0. The van der Waals surface area contributed by atoms with Crippen molar-refractivity contribution >= 4 is 28.6 Å². The second kappa shape index (κ2) is 5.82. The van der Waals surface area contributed by atoms with E-state index in [9.17, 15) is 4.57 Å². The third-order valence-electron chi connectivity index (χ3n) is 1.13. The molecule has 70 valence electrons. The summed E-state index contributed by atoms with van der Waals surface area (Å²) in [4.78, 5) is 0. The van der Waals surface area contributed by atoms with E-state index >= 15 is 0 Å². The first-order valence-electron chi connectivity index (χ1n) is 3.39. The van der Waals surface area contributed by atoms with E-state index in [2.05, 4.69) is 13.2 Å². The smallest absolute Gasteiger partial charge is 0.302 e. The van der Waals surface area contributed by atoms with Crippen molar-refractivity contribution in [3.8, 4) is 0 Å². The van der Waals surface area contributed by atoms with Gasteiger partial charge in [0.05, 0.1) is 6.10 Å². The molecule has 0 aromatic heterocycles. The molecule has 0 rings (SSSR count). The van der Waals surface area contributed by atoms with Gasteiger partial charge in [0.2, 0.25) is 0 Å². The molecule has 0 fully saturated rings. The molecule has 0 amide bonds. The van der Waals surface area contributed by atoms with Crippen molar-refractivity contribution in [1.29, 1.82) is 0 Å². The van der Waals surface area contributed by atoms with E-state index in [1.54, 1.807) is 12.2 Å². The molecule has 0 saturated carbocycles. The SMILES string of the molecule is C=CCC(CC=C)OP(=O)(Cl)Cl. The summed E-state index contributed by atoms with van der Waals surface area (Å²) >= 11 is 10.5. The van der Waals surface area contributed by atoms with E-state index in [-0.39, 0.29) is 6.10 Å². The summed E-state index contributed by atoms with van der Waals surface area (Å²) in [6, 6.07) is 0. The third-order valence-corrected chi connectivity index (χ3v) is 2.15. The fourth-order valence-corrected chi connectivity index (χ4v) is 1.92. The molecule has 0 aliphatic rings. The second-order valence-electron chi connectivity index (χ2n) is 2.19. The Balaban J connectivity index is 4.02. The van der Waals surface area contributed by atoms with E-state index in [0.717, 1.165) is 0 Å². The summed E-state index contributed by atoms with van der Waals surface area (Å²) in [5.41, 5.74) is 0. The highest BCUT2D eigenvalue weighted by atomic mass is 35.9. The van der Waals surface area contributed by atoms with Gasteiger partial charge in [0.1, 0.15) is 0 Å². The molecule has 0 aromatic carbocycles. The van der Waals surface area contributed by atoms with Gasteiger partial charge >= 0.3 is 6.07 Å². The van der Waals surface area contributed by atoms with E-state index < -0.39 is 6.07 Å². The van der Waals surface area contributed by atoms with Gasteiger partial charge in [-0.1, -0.05) is 12.2 Å². The largest absolute Gasteiger partial charge is 0.380 e. The van der Waals surface area contributed by atoms with Crippen LogP contribution in [0, 0.1) is 0 Å². The molecule has 0 bridgehead atoms. The van der Waals surface area contributed by atoms with Crippen molar-refractivity contribution in [3.05, 3.63) is 25.3 Å². The Hall–Kier alpha value is 0.250. The monoisotopic (exact) mass is 228 g/mol. The predicted molar refractivity (Wildman–Crippen MR) is 53.8 cm³/mol. The molecule has 12 heavy (non-hydrogen) atoms. The molecule has 0 saturated heterocycles. The van der Waals surface area contributed by atoms with Gasteiger partial charge in [-0.15, -0.1) is 13.2 Å². The lowest BCUT2D eigenvalue weighted by atomic mass is 10.2. The quantitative estimate of drug-likeness (QED) is 0.506. The molecule has 0 aromatic rings. The van der Waals surface area contributed by atoms with Crippen molar-refractivity contribution in [3.63, 3.8) is 0 Å². The van der Waals surface area contributed by atoms with E-state index in [4.69, 9.17) is 27.0 Å². The molecular formula is C7H11Cl2O2P.